The molecule has 136 valence electrons. The number of carbonyl (C=O) groups is 3. The van der Waals surface area contributed by atoms with Crippen LogP contribution in [0.3, 0.4) is 0 Å². The molecule has 0 spiro atoms. The summed E-state index contributed by atoms with van der Waals surface area (Å²) in [6, 6.07) is 5.74. The van der Waals surface area contributed by atoms with Crippen molar-refractivity contribution in [3.8, 4) is 0 Å². The van der Waals surface area contributed by atoms with Crippen molar-refractivity contribution in [2.24, 2.45) is 0 Å². The van der Waals surface area contributed by atoms with Crippen molar-refractivity contribution in [3.05, 3.63) is 46.2 Å². The number of carboxylic acid groups (broad SMARTS) is 1. The molecule has 1 aromatic heterocycles. The van der Waals surface area contributed by atoms with Gasteiger partial charge in [-0.05, 0) is 31.9 Å². The molecule has 26 heavy (non-hydrogen) atoms. The fourth-order valence-electron chi connectivity index (χ4n) is 2.89. The molecule has 1 saturated carbocycles. The van der Waals surface area contributed by atoms with Crippen molar-refractivity contribution >= 4 is 28.7 Å². The van der Waals surface area contributed by atoms with Crippen LogP contribution in [0.15, 0.2) is 35.3 Å². The summed E-state index contributed by atoms with van der Waals surface area (Å²) in [5.41, 5.74) is 0.0864. The van der Waals surface area contributed by atoms with Gasteiger partial charge in [0, 0.05) is 23.1 Å². The maximum absolute atomic E-state index is 12.4. The molecule has 8 heteroatoms. The summed E-state index contributed by atoms with van der Waals surface area (Å²) < 4.78 is 0. The van der Waals surface area contributed by atoms with Crippen molar-refractivity contribution in [2.75, 3.05) is 6.54 Å². The summed E-state index contributed by atoms with van der Waals surface area (Å²) in [5.74, 6) is -2.25. The number of aromatic nitrogens is 1. The second-order valence-electron chi connectivity index (χ2n) is 6.31. The van der Waals surface area contributed by atoms with E-state index in [-0.39, 0.29) is 18.2 Å². The molecule has 3 N–H and O–H groups in total. The minimum absolute atomic E-state index is 0.0965. The van der Waals surface area contributed by atoms with Crippen molar-refractivity contribution in [3.63, 3.8) is 0 Å². The van der Waals surface area contributed by atoms with Gasteiger partial charge in [0.1, 0.15) is 11.6 Å². The molecule has 0 bridgehead atoms. The number of benzene rings is 1. The predicted octanol–water partition coefficient (Wildman–Crippen LogP) is 0.722. The van der Waals surface area contributed by atoms with Crippen molar-refractivity contribution in [1.29, 1.82) is 0 Å². The number of nitrogens with zero attached hydrogens (tertiary/aromatic N) is 1. The van der Waals surface area contributed by atoms with Gasteiger partial charge >= 0.3 is 5.97 Å². The maximum Gasteiger partial charge on any atom is 0.326 e. The van der Waals surface area contributed by atoms with Crippen LogP contribution in [0.4, 0.5) is 0 Å². The van der Waals surface area contributed by atoms with Crippen molar-refractivity contribution in [1.82, 2.24) is 15.2 Å². The number of carboxylic acids is 1. The van der Waals surface area contributed by atoms with Gasteiger partial charge in [0.15, 0.2) is 0 Å². The van der Waals surface area contributed by atoms with E-state index in [1.807, 2.05) is 0 Å². The van der Waals surface area contributed by atoms with Gasteiger partial charge in [0.05, 0.1) is 6.54 Å². The highest BCUT2D eigenvalue weighted by Gasteiger charge is 2.38. The van der Waals surface area contributed by atoms with E-state index in [1.54, 1.807) is 24.3 Å². The Balaban J connectivity index is 1.72. The van der Waals surface area contributed by atoms with E-state index < -0.39 is 29.3 Å². The van der Waals surface area contributed by atoms with Gasteiger partial charge in [-0.25, -0.2) is 4.79 Å². The molecular formula is C18H19N3O5. The van der Waals surface area contributed by atoms with E-state index in [4.69, 9.17) is 5.11 Å². The van der Waals surface area contributed by atoms with E-state index in [2.05, 4.69) is 10.3 Å². The number of hydrogen-bond acceptors (Lipinski definition) is 4. The number of fused-ring (bicyclic) bond motifs is 1. The molecule has 1 fully saturated rings. The van der Waals surface area contributed by atoms with Crippen LogP contribution in [-0.4, -0.2) is 51.4 Å². The lowest BCUT2D eigenvalue weighted by molar-refractivity contribution is -0.149. The average Bonchev–Trinajstić information content (AvgIpc) is 3.45. The number of para-hydroxylation sites is 1. The molecular weight excluding hydrogens is 338 g/mol. The minimum Gasteiger partial charge on any atom is -0.480 e. The number of aliphatic carboxylic acids is 1. The summed E-state index contributed by atoms with van der Waals surface area (Å²) in [5, 5.41) is 11.9. The molecule has 1 unspecified atom stereocenters. The third-order valence-corrected chi connectivity index (χ3v) is 4.44. The van der Waals surface area contributed by atoms with Crippen molar-refractivity contribution < 1.29 is 19.5 Å². The Morgan fingerprint density at radius 2 is 2.00 bits per heavy atom. The number of nitrogens with one attached hydrogen (secondary N) is 2. The number of rotatable bonds is 6. The molecule has 2 amide bonds. The zero-order valence-electron chi connectivity index (χ0n) is 14.2. The van der Waals surface area contributed by atoms with Gasteiger partial charge < -0.3 is 20.3 Å². The first-order chi connectivity index (χ1) is 12.4. The summed E-state index contributed by atoms with van der Waals surface area (Å²) in [7, 11) is 0. The van der Waals surface area contributed by atoms with Crippen LogP contribution in [0, 0.1) is 0 Å². The highest BCUT2D eigenvalue weighted by atomic mass is 16.4. The third kappa shape index (κ3) is 3.44. The quantitative estimate of drug-likeness (QED) is 0.704. The number of aromatic amines is 1. The topological polar surface area (TPSA) is 120 Å². The smallest absolute Gasteiger partial charge is 0.326 e. The number of pyridine rings is 1. The third-order valence-electron chi connectivity index (χ3n) is 4.44. The predicted molar refractivity (Wildman–Crippen MR) is 93.9 cm³/mol. The first kappa shape index (κ1) is 17.7. The van der Waals surface area contributed by atoms with Gasteiger partial charge in [-0.3, -0.25) is 14.4 Å². The fraction of sp³-hybridized carbons (Fsp3) is 0.333. The fourth-order valence-corrected chi connectivity index (χ4v) is 2.89. The first-order valence-electron chi connectivity index (χ1n) is 8.32. The van der Waals surface area contributed by atoms with E-state index in [9.17, 15) is 19.2 Å². The highest BCUT2D eigenvalue weighted by Crippen LogP contribution is 2.28. The Hall–Kier alpha value is -3.16. The standard InChI is InChI=1S/C18H19N3O5/c1-10(18(25)26)21(11-6-7-11)15(22)9-20-17(24)13-8-19-14-5-3-2-4-12(14)16(13)23/h2-5,8,10-11H,6-7,9H2,1H3,(H,19,23)(H,20,24)(H,25,26). The van der Waals surface area contributed by atoms with E-state index in [0.717, 1.165) is 12.8 Å². The Labute approximate surface area is 148 Å². The summed E-state index contributed by atoms with van der Waals surface area (Å²) in [4.78, 5) is 52.4. The molecule has 0 radical (unpaired) electrons. The normalized spacial score (nSPS) is 14.7. The van der Waals surface area contributed by atoms with Gasteiger partial charge in [-0.2, -0.15) is 0 Å². The van der Waals surface area contributed by atoms with Gasteiger partial charge in [0.25, 0.3) is 5.91 Å². The van der Waals surface area contributed by atoms with Crippen LogP contribution < -0.4 is 10.7 Å². The molecule has 1 aliphatic rings. The SMILES string of the molecule is CC(C(=O)O)N(C(=O)CNC(=O)c1c[nH]c2ccccc2c1=O)C1CC1. The summed E-state index contributed by atoms with van der Waals surface area (Å²) >= 11 is 0. The average molecular weight is 357 g/mol. The van der Waals surface area contributed by atoms with Crippen LogP contribution >= 0.6 is 0 Å². The van der Waals surface area contributed by atoms with Crippen LogP contribution in [-0.2, 0) is 9.59 Å². The summed E-state index contributed by atoms with van der Waals surface area (Å²) in [6.07, 6.45) is 2.81. The molecule has 1 aromatic carbocycles. The Morgan fingerprint density at radius 1 is 1.31 bits per heavy atom. The second-order valence-corrected chi connectivity index (χ2v) is 6.31. The zero-order valence-corrected chi connectivity index (χ0v) is 14.2. The Bertz CT molecular complexity index is 932. The van der Waals surface area contributed by atoms with Gasteiger partial charge in [-0.1, -0.05) is 12.1 Å². The van der Waals surface area contributed by atoms with E-state index >= 15 is 0 Å². The van der Waals surface area contributed by atoms with E-state index in [0.29, 0.717) is 10.9 Å². The second kappa shape index (κ2) is 6.99. The van der Waals surface area contributed by atoms with E-state index in [1.165, 1.54) is 18.0 Å². The summed E-state index contributed by atoms with van der Waals surface area (Å²) in [6.45, 7) is 1.08. The number of carbonyl (C=O) groups excluding carboxylic acids is 2. The minimum atomic E-state index is -1.09. The molecule has 3 rings (SSSR count). The monoisotopic (exact) mass is 357 g/mol. The molecule has 0 aliphatic heterocycles. The molecule has 1 aliphatic carbocycles. The lowest BCUT2D eigenvalue weighted by atomic mass is 10.1. The lowest BCUT2D eigenvalue weighted by Crippen LogP contribution is -2.49. The number of hydrogen-bond donors (Lipinski definition) is 3. The molecule has 8 nitrogen and oxygen atoms in total. The zero-order chi connectivity index (χ0) is 18.8. The largest absolute Gasteiger partial charge is 0.480 e. The Morgan fingerprint density at radius 3 is 2.65 bits per heavy atom. The number of H-pyrrole nitrogens is 1. The lowest BCUT2D eigenvalue weighted by Gasteiger charge is -2.26. The number of amides is 2. The first-order valence-corrected chi connectivity index (χ1v) is 8.32. The van der Waals surface area contributed by atoms with Gasteiger partial charge in [-0.15, -0.1) is 0 Å². The molecule has 1 heterocycles. The van der Waals surface area contributed by atoms with Crippen LogP contribution in [0.1, 0.15) is 30.1 Å². The molecule has 0 saturated heterocycles. The molecule has 2 aromatic rings. The van der Waals surface area contributed by atoms with Gasteiger partial charge in [0.2, 0.25) is 11.3 Å². The Kier molecular flexibility index (Phi) is 4.75. The van der Waals surface area contributed by atoms with Crippen LogP contribution in [0.2, 0.25) is 0 Å². The van der Waals surface area contributed by atoms with Crippen LogP contribution in [0.25, 0.3) is 10.9 Å². The molecule has 1 atom stereocenters. The van der Waals surface area contributed by atoms with Crippen LogP contribution in [0.5, 0.6) is 0 Å². The van der Waals surface area contributed by atoms with Crippen molar-refractivity contribution in [2.45, 2.75) is 31.8 Å². The maximum atomic E-state index is 12.4. The highest BCUT2D eigenvalue weighted by molar-refractivity contribution is 5.99.